The van der Waals surface area contributed by atoms with E-state index in [1.807, 2.05) is 0 Å². The Balaban J connectivity index is 1.81. The molecule has 0 saturated carbocycles. The lowest BCUT2D eigenvalue weighted by molar-refractivity contribution is 0.0668. The van der Waals surface area contributed by atoms with Crippen molar-refractivity contribution in [2.75, 3.05) is 27.2 Å². The van der Waals surface area contributed by atoms with Crippen LogP contribution in [0.4, 0.5) is 8.78 Å². The Bertz CT molecular complexity index is 1670. The molecule has 7 nitrogen and oxygen atoms in total. The number of nitrogens with one attached hydrogen (secondary N) is 1. The highest BCUT2D eigenvalue weighted by Crippen LogP contribution is 2.34. The van der Waals surface area contributed by atoms with Crippen molar-refractivity contribution in [3.05, 3.63) is 64.5 Å². The first-order valence-electron chi connectivity index (χ1n) is 13.5. The van der Waals surface area contributed by atoms with E-state index in [2.05, 4.69) is 4.98 Å². The number of carbonyl (C=O) groups is 1. The number of fused-ring (bicyclic) bond motifs is 2. The number of aromatic amines is 1. The number of benzene rings is 2. The van der Waals surface area contributed by atoms with Gasteiger partial charge < -0.3 is 19.4 Å². The minimum Gasteiger partial charge on any atom is -0.493 e. The van der Waals surface area contributed by atoms with E-state index < -0.39 is 49.0 Å². The number of piperidine rings is 1. The molecular weight excluding hydrogens is 444 g/mol. The number of rotatable bonds is 4. The quantitative estimate of drug-likeness (QED) is 0.482. The van der Waals surface area contributed by atoms with E-state index in [1.165, 1.54) is 17.2 Å². The maximum absolute atomic E-state index is 14.6. The maximum Gasteiger partial charge on any atom is 0.263 e. The van der Waals surface area contributed by atoms with Crippen LogP contribution in [0.15, 0.2) is 47.5 Å². The molecular formula is C25H23F2N3O4. The highest BCUT2D eigenvalue weighted by molar-refractivity contribution is 6.07. The predicted octanol–water partition coefficient (Wildman–Crippen LogP) is 4.20. The van der Waals surface area contributed by atoms with Crippen molar-refractivity contribution < 1.29 is 31.3 Å². The molecule has 2 aromatic heterocycles. The average Bonchev–Trinajstić information content (AvgIpc) is 3.31. The zero-order chi connectivity index (χ0) is 29.0. The van der Waals surface area contributed by atoms with E-state index in [0.717, 1.165) is 22.8 Å². The van der Waals surface area contributed by atoms with Crippen LogP contribution < -0.4 is 15.0 Å². The van der Waals surface area contributed by atoms with Crippen LogP contribution in [-0.2, 0) is 0 Å². The molecule has 0 radical (unpaired) electrons. The molecule has 0 spiro atoms. The second-order valence-electron chi connectivity index (χ2n) is 8.10. The fourth-order valence-electron chi connectivity index (χ4n) is 4.39. The number of pyridine rings is 1. The summed E-state index contributed by atoms with van der Waals surface area (Å²) < 4.78 is 84.3. The summed E-state index contributed by atoms with van der Waals surface area (Å²) in [5, 5.41) is 0.199. The third-order valence-corrected chi connectivity index (χ3v) is 6.11. The number of halogens is 2. The number of carbonyl (C=O) groups excluding carboxylic acids is 1. The number of H-pyrrole nitrogens is 1. The second kappa shape index (κ2) is 8.48. The van der Waals surface area contributed by atoms with Crippen LogP contribution in [0.2, 0.25) is 0 Å². The van der Waals surface area contributed by atoms with Gasteiger partial charge in [-0.1, -0.05) is 0 Å². The minimum absolute atomic E-state index is 0.0486. The molecule has 2 aromatic carbocycles. The number of hydrogen-bond acceptors (Lipinski definition) is 4. The summed E-state index contributed by atoms with van der Waals surface area (Å²) in [6, 6.07) is 6.00. The first-order valence-corrected chi connectivity index (χ1v) is 10.5. The van der Waals surface area contributed by atoms with Gasteiger partial charge in [-0.2, -0.15) is 0 Å². The van der Waals surface area contributed by atoms with Crippen molar-refractivity contribution >= 4 is 27.6 Å². The third-order valence-electron chi connectivity index (χ3n) is 6.11. The van der Waals surface area contributed by atoms with Gasteiger partial charge in [0.15, 0.2) is 11.5 Å². The zero-order valence-corrected chi connectivity index (χ0v) is 17.7. The van der Waals surface area contributed by atoms with E-state index in [0.29, 0.717) is 10.9 Å². The Morgan fingerprint density at radius 3 is 2.50 bits per heavy atom. The number of aromatic nitrogens is 2. The smallest absolute Gasteiger partial charge is 0.263 e. The van der Waals surface area contributed by atoms with E-state index in [-0.39, 0.29) is 48.0 Å². The second-order valence-corrected chi connectivity index (χ2v) is 8.10. The summed E-state index contributed by atoms with van der Waals surface area (Å²) >= 11 is 0. The molecule has 1 saturated heterocycles. The number of methoxy groups -OCH3 is 2. The molecule has 176 valence electrons. The van der Waals surface area contributed by atoms with E-state index >= 15 is 0 Å². The van der Waals surface area contributed by atoms with Gasteiger partial charge >= 0.3 is 0 Å². The van der Waals surface area contributed by atoms with Crippen LogP contribution in [0.1, 0.15) is 31.4 Å². The summed E-state index contributed by atoms with van der Waals surface area (Å²) in [7, 11) is -6.06. The fourth-order valence-corrected chi connectivity index (χ4v) is 4.39. The van der Waals surface area contributed by atoms with E-state index in [4.69, 9.17) is 17.7 Å². The Morgan fingerprint density at radius 1 is 1.09 bits per heavy atom. The molecule has 0 unspecified atom stereocenters. The Kier molecular flexibility index (Phi) is 3.96. The molecule has 0 aliphatic carbocycles. The average molecular weight is 474 g/mol. The molecule has 0 bridgehead atoms. The lowest BCUT2D eigenvalue weighted by Gasteiger charge is -2.29. The lowest BCUT2D eigenvalue weighted by atomic mass is 10.0. The van der Waals surface area contributed by atoms with E-state index in [1.54, 1.807) is 12.3 Å². The molecule has 1 amide bonds. The molecule has 5 rings (SSSR count). The lowest BCUT2D eigenvalue weighted by Crippen LogP contribution is -2.39. The summed E-state index contributed by atoms with van der Waals surface area (Å²) in [5.74, 6) is -2.35. The molecule has 0 atom stereocenters. The fraction of sp³-hybridized carbons (Fsp3) is 0.280. The molecule has 1 N–H and O–H groups in total. The van der Waals surface area contributed by atoms with Crippen LogP contribution in [-0.4, -0.2) is 53.7 Å². The molecule has 1 aliphatic rings. The predicted molar refractivity (Wildman–Crippen MR) is 124 cm³/mol. The van der Waals surface area contributed by atoms with Crippen molar-refractivity contribution in [3.8, 4) is 17.2 Å². The monoisotopic (exact) mass is 473 g/mol. The molecule has 4 aromatic rings. The summed E-state index contributed by atoms with van der Waals surface area (Å²) in [6.45, 7) is 0.197. The van der Waals surface area contributed by atoms with Crippen molar-refractivity contribution in [2.45, 2.75) is 19.0 Å². The van der Waals surface area contributed by atoms with Gasteiger partial charge in [-0.25, -0.2) is 8.78 Å². The van der Waals surface area contributed by atoms with Gasteiger partial charge in [-0.15, -0.1) is 0 Å². The Labute approximate surface area is 201 Å². The highest BCUT2D eigenvalue weighted by Gasteiger charge is 2.27. The van der Waals surface area contributed by atoms with Crippen LogP contribution >= 0.6 is 0 Å². The standard InChI is InChI=1S/C25H23F2N3O4/c1-33-22-11-17-18(12-23(22)34-2)25(32)30(21-10-15(27)9-20-16(21)3-6-28-20)13-19(17)24(31)29-7-4-14(26)5-8-29/h3,6,9-14,28H,4-5,7-8H2,1-2H3/i1D3,2D3. The SMILES string of the molecule is [2H]C([2H])([2H])Oc1cc2c(C(=O)N3CCC(F)CC3)cn(-c3cc(F)cc4[nH]ccc34)c(=O)c2cc1OC([2H])([2H])[2H]. The first kappa shape index (κ1) is 15.9. The summed E-state index contributed by atoms with van der Waals surface area (Å²) in [5.41, 5.74) is -0.373. The van der Waals surface area contributed by atoms with Crippen molar-refractivity contribution in [3.63, 3.8) is 0 Å². The number of likely N-dealkylation sites (tertiary alicyclic amines) is 1. The Morgan fingerprint density at radius 2 is 1.79 bits per heavy atom. The zero-order valence-electron chi connectivity index (χ0n) is 23.7. The Hall–Kier alpha value is -3.88. The minimum atomic E-state index is -3.04. The molecule has 34 heavy (non-hydrogen) atoms. The van der Waals surface area contributed by atoms with Crippen LogP contribution in [0.25, 0.3) is 27.4 Å². The van der Waals surface area contributed by atoms with Gasteiger partial charge in [0.25, 0.3) is 11.5 Å². The first-order chi connectivity index (χ1) is 18.7. The van der Waals surface area contributed by atoms with Crippen LogP contribution in [0, 0.1) is 5.82 Å². The number of ether oxygens (including phenoxy) is 2. The van der Waals surface area contributed by atoms with Gasteiger partial charge in [-0.3, -0.25) is 14.2 Å². The van der Waals surface area contributed by atoms with Gasteiger partial charge in [0.2, 0.25) is 0 Å². The normalized spacial score (nSPS) is 18.0. The summed E-state index contributed by atoms with van der Waals surface area (Å²) in [6.07, 6.45) is 1.91. The van der Waals surface area contributed by atoms with Crippen LogP contribution in [0.3, 0.4) is 0 Å². The van der Waals surface area contributed by atoms with Gasteiger partial charge in [-0.05, 0) is 43.2 Å². The number of alkyl halides is 1. The van der Waals surface area contributed by atoms with Crippen LogP contribution in [0.5, 0.6) is 11.5 Å². The molecule has 3 heterocycles. The van der Waals surface area contributed by atoms with E-state index in [9.17, 15) is 18.4 Å². The van der Waals surface area contributed by atoms with Gasteiger partial charge in [0, 0.05) is 36.3 Å². The number of amides is 1. The number of hydrogen-bond donors (Lipinski definition) is 1. The van der Waals surface area contributed by atoms with Crippen molar-refractivity contribution in [2.24, 2.45) is 0 Å². The molecule has 1 aliphatic heterocycles. The molecule has 1 fully saturated rings. The largest absolute Gasteiger partial charge is 0.493 e. The topological polar surface area (TPSA) is 76.6 Å². The molecule has 9 heteroatoms. The number of nitrogens with zero attached hydrogens (tertiary/aromatic N) is 2. The highest BCUT2D eigenvalue weighted by atomic mass is 19.1. The summed E-state index contributed by atoms with van der Waals surface area (Å²) in [4.78, 5) is 31.8. The van der Waals surface area contributed by atoms with Crippen molar-refractivity contribution in [1.29, 1.82) is 0 Å². The van der Waals surface area contributed by atoms with Gasteiger partial charge in [0.1, 0.15) is 12.0 Å². The maximum atomic E-state index is 14.6. The van der Waals surface area contributed by atoms with Crippen molar-refractivity contribution in [1.82, 2.24) is 14.5 Å². The van der Waals surface area contributed by atoms with Gasteiger partial charge in [0.05, 0.1) is 44.5 Å². The third kappa shape index (κ3) is 3.57.